The van der Waals surface area contributed by atoms with Crippen LogP contribution in [0.15, 0.2) is 35.9 Å². The summed E-state index contributed by atoms with van der Waals surface area (Å²) >= 11 is 1.50. The van der Waals surface area contributed by atoms with Crippen molar-refractivity contribution in [3.05, 3.63) is 41.4 Å². The van der Waals surface area contributed by atoms with Crippen LogP contribution in [0.3, 0.4) is 0 Å². The van der Waals surface area contributed by atoms with Crippen molar-refractivity contribution >= 4 is 29.6 Å². The number of amides is 2. The van der Waals surface area contributed by atoms with Gasteiger partial charge in [-0.05, 0) is 65.5 Å². The molecule has 0 fully saturated rings. The van der Waals surface area contributed by atoms with Crippen LogP contribution in [0, 0.1) is 0 Å². The quantitative estimate of drug-likeness (QED) is 0.700. The van der Waals surface area contributed by atoms with Gasteiger partial charge in [0.05, 0.1) is 11.6 Å². The molecule has 0 atom stereocenters. The fraction of sp³-hybridized carbons (Fsp3) is 0.500. The SMILES string of the molecule is C=C(Nc1cccc(CN(C(=O)OC(C)(C)C)C(=O)OC(C)(C)C)c1)SC. The molecule has 7 heteroatoms. The van der Waals surface area contributed by atoms with E-state index in [-0.39, 0.29) is 6.54 Å². The Morgan fingerprint density at radius 3 is 2.04 bits per heavy atom. The molecule has 0 aromatic heterocycles. The second-order valence-corrected chi connectivity index (χ2v) is 8.90. The lowest BCUT2D eigenvalue weighted by molar-refractivity contribution is -0.000245. The summed E-state index contributed by atoms with van der Waals surface area (Å²) in [7, 11) is 0. The van der Waals surface area contributed by atoms with Crippen molar-refractivity contribution in [2.24, 2.45) is 0 Å². The summed E-state index contributed by atoms with van der Waals surface area (Å²) in [6.45, 7) is 14.4. The zero-order valence-corrected chi connectivity index (χ0v) is 18.0. The summed E-state index contributed by atoms with van der Waals surface area (Å²) < 4.78 is 10.7. The average molecular weight is 395 g/mol. The van der Waals surface area contributed by atoms with E-state index in [9.17, 15) is 9.59 Å². The van der Waals surface area contributed by atoms with Gasteiger partial charge in [0.1, 0.15) is 11.2 Å². The molecule has 0 aliphatic heterocycles. The maximum Gasteiger partial charge on any atom is 0.420 e. The number of carbonyl (C=O) groups is 2. The minimum absolute atomic E-state index is 0.0328. The van der Waals surface area contributed by atoms with Crippen LogP contribution in [0.4, 0.5) is 15.3 Å². The highest BCUT2D eigenvalue weighted by molar-refractivity contribution is 8.02. The molecule has 0 heterocycles. The van der Waals surface area contributed by atoms with Crippen LogP contribution in [0.1, 0.15) is 47.1 Å². The normalized spacial score (nSPS) is 11.5. The first-order valence-electron chi connectivity index (χ1n) is 8.63. The van der Waals surface area contributed by atoms with Gasteiger partial charge < -0.3 is 14.8 Å². The number of hydrogen-bond acceptors (Lipinski definition) is 6. The molecule has 0 saturated carbocycles. The van der Waals surface area contributed by atoms with Gasteiger partial charge in [0.25, 0.3) is 0 Å². The monoisotopic (exact) mass is 394 g/mol. The van der Waals surface area contributed by atoms with E-state index in [1.54, 1.807) is 41.5 Å². The first kappa shape index (κ1) is 22.9. The summed E-state index contributed by atoms with van der Waals surface area (Å²) in [5.74, 6) is 0. The van der Waals surface area contributed by atoms with E-state index in [2.05, 4.69) is 11.9 Å². The molecule has 2 amide bonds. The number of ether oxygens (including phenoxy) is 2. The van der Waals surface area contributed by atoms with Crippen molar-refractivity contribution in [3.8, 4) is 0 Å². The minimum atomic E-state index is -0.747. The lowest BCUT2D eigenvalue weighted by Crippen LogP contribution is -2.43. The Kier molecular flexibility index (Phi) is 7.77. The molecular formula is C20H30N2O4S. The molecule has 0 saturated heterocycles. The molecule has 6 nitrogen and oxygen atoms in total. The first-order valence-corrected chi connectivity index (χ1v) is 9.85. The Bertz CT molecular complexity index is 662. The van der Waals surface area contributed by atoms with Gasteiger partial charge >= 0.3 is 12.2 Å². The van der Waals surface area contributed by atoms with Crippen LogP contribution < -0.4 is 5.32 Å². The number of thioether (sulfide) groups is 1. The van der Waals surface area contributed by atoms with Gasteiger partial charge in [0, 0.05) is 5.69 Å². The van der Waals surface area contributed by atoms with Crippen molar-refractivity contribution in [2.45, 2.75) is 59.3 Å². The lowest BCUT2D eigenvalue weighted by atomic mass is 10.2. The maximum absolute atomic E-state index is 12.6. The molecular weight excluding hydrogens is 364 g/mol. The highest BCUT2D eigenvalue weighted by Crippen LogP contribution is 2.20. The topological polar surface area (TPSA) is 67.9 Å². The number of carbonyl (C=O) groups excluding carboxylic acids is 2. The third kappa shape index (κ3) is 8.86. The average Bonchev–Trinajstić information content (AvgIpc) is 2.49. The standard InChI is InChI=1S/C20H30N2O4S/c1-14(27-8)21-16-11-9-10-15(12-16)13-22(17(23)25-19(2,3)4)18(24)26-20(5,6)7/h9-12,21H,1,13H2,2-8H3. The third-order valence-corrected chi connectivity index (χ3v) is 3.62. The van der Waals surface area contributed by atoms with Crippen LogP contribution in [0.5, 0.6) is 0 Å². The summed E-state index contributed by atoms with van der Waals surface area (Å²) in [5.41, 5.74) is 0.124. The Hall–Kier alpha value is -2.15. The van der Waals surface area contributed by atoms with E-state index in [0.29, 0.717) is 0 Å². The smallest absolute Gasteiger partial charge is 0.420 e. The van der Waals surface area contributed by atoms with Gasteiger partial charge in [0.2, 0.25) is 0 Å². The van der Waals surface area contributed by atoms with Gasteiger partial charge in [-0.25, -0.2) is 14.5 Å². The molecule has 0 radical (unpaired) electrons. The zero-order valence-electron chi connectivity index (χ0n) is 17.2. The number of hydrogen-bond donors (Lipinski definition) is 1. The minimum Gasteiger partial charge on any atom is -0.443 e. The number of nitrogens with one attached hydrogen (secondary N) is 1. The third-order valence-electron chi connectivity index (χ3n) is 3.03. The van der Waals surface area contributed by atoms with Crippen molar-refractivity contribution in [2.75, 3.05) is 11.6 Å². The van der Waals surface area contributed by atoms with Gasteiger partial charge in [0.15, 0.2) is 0 Å². The molecule has 1 rings (SSSR count). The Labute approximate surface area is 166 Å². The largest absolute Gasteiger partial charge is 0.443 e. The molecule has 0 bridgehead atoms. The van der Waals surface area contributed by atoms with Gasteiger partial charge in [-0.1, -0.05) is 18.7 Å². The number of rotatable bonds is 5. The summed E-state index contributed by atoms with van der Waals surface area (Å²) in [5, 5.41) is 3.95. The summed E-state index contributed by atoms with van der Waals surface area (Å²) in [6.07, 6.45) is 0.429. The Morgan fingerprint density at radius 2 is 1.59 bits per heavy atom. The molecule has 0 spiro atoms. The van der Waals surface area contributed by atoms with Crippen molar-refractivity contribution in [1.29, 1.82) is 0 Å². The predicted molar refractivity (Wildman–Crippen MR) is 111 cm³/mol. The van der Waals surface area contributed by atoms with E-state index in [4.69, 9.17) is 9.47 Å². The molecule has 150 valence electrons. The van der Waals surface area contributed by atoms with Crippen LogP contribution in [0.2, 0.25) is 0 Å². The zero-order chi connectivity index (χ0) is 20.8. The molecule has 1 aromatic rings. The molecule has 0 aliphatic carbocycles. The Morgan fingerprint density at radius 1 is 1.07 bits per heavy atom. The van der Waals surface area contributed by atoms with Gasteiger partial charge in [-0.15, -0.1) is 11.8 Å². The van der Waals surface area contributed by atoms with Gasteiger partial charge in [-0.2, -0.15) is 0 Å². The molecule has 0 aliphatic rings. The first-order chi connectivity index (χ1) is 12.3. The lowest BCUT2D eigenvalue weighted by Gasteiger charge is -2.28. The number of benzene rings is 1. The predicted octanol–water partition coefficient (Wildman–Crippen LogP) is 5.60. The second kappa shape index (κ2) is 9.17. The van der Waals surface area contributed by atoms with Gasteiger partial charge in [-0.3, -0.25) is 0 Å². The van der Waals surface area contributed by atoms with Crippen LogP contribution >= 0.6 is 11.8 Å². The highest BCUT2D eigenvalue weighted by atomic mass is 32.2. The fourth-order valence-corrected chi connectivity index (χ4v) is 2.20. The van der Waals surface area contributed by atoms with Crippen LogP contribution in [-0.2, 0) is 16.0 Å². The fourth-order valence-electron chi connectivity index (χ4n) is 1.98. The van der Waals surface area contributed by atoms with E-state index < -0.39 is 23.4 Å². The molecule has 1 N–H and O–H groups in total. The maximum atomic E-state index is 12.6. The number of imide groups is 1. The second-order valence-electron chi connectivity index (χ2n) is 8.00. The highest BCUT2D eigenvalue weighted by Gasteiger charge is 2.31. The molecule has 27 heavy (non-hydrogen) atoms. The molecule has 0 unspecified atom stereocenters. The van der Waals surface area contributed by atoms with Crippen molar-refractivity contribution < 1.29 is 19.1 Å². The Balaban J connectivity index is 3.06. The van der Waals surface area contributed by atoms with Crippen LogP contribution in [0.25, 0.3) is 0 Å². The van der Waals surface area contributed by atoms with Crippen molar-refractivity contribution in [1.82, 2.24) is 4.90 Å². The van der Waals surface area contributed by atoms with E-state index >= 15 is 0 Å². The summed E-state index contributed by atoms with van der Waals surface area (Å²) in [6, 6.07) is 7.40. The van der Waals surface area contributed by atoms with Crippen molar-refractivity contribution in [3.63, 3.8) is 0 Å². The van der Waals surface area contributed by atoms with E-state index in [1.807, 2.05) is 30.5 Å². The number of nitrogens with zero attached hydrogens (tertiary/aromatic N) is 1. The molecule has 1 aromatic carbocycles. The van der Waals surface area contributed by atoms with E-state index in [0.717, 1.165) is 21.2 Å². The van der Waals surface area contributed by atoms with E-state index in [1.165, 1.54) is 11.8 Å². The summed E-state index contributed by atoms with van der Waals surface area (Å²) in [4.78, 5) is 26.1. The number of anilines is 1. The van der Waals surface area contributed by atoms with Crippen LogP contribution in [-0.4, -0.2) is 34.5 Å².